The van der Waals surface area contributed by atoms with Gasteiger partial charge in [-0.1, -0.05) is 11.6 Å². The summed E-state index contributed by atoms with van der Waals surface area (Å²) in [7, 11) is 0. The van der Waals surface area contributed by atoms with E-state index in [0.29, 0.717) is 18.8 Å². The summed E-state index contributed by atoms with van der Waals surface area (Å²) in [4.78, 5) is 31.5. The molecule has 3 rings (SSSR count). The van der Waals surface area contributed by atoms with Crippen LogP contribution in [0.3, 0.4) is 0 Å². The van der Waals surface area contributed by atoms with Gasteiger partial charge in [-0.05, 0) is 19.1 Å². The average Bonchev–Trinajstić information content (AvgIpc) is 3.11. The van der Waals surface area contributed by atoms with Crippen LogP contribution in [0.2, 0.25) is 0 Å². The lowest BCUT2D eigenvalue weighted by Crippen LogP contribution is -2.36. The van der Waals surface area contributed by atoms with Crippen molar-refractivity contribution < 1.29 is 14.3 Å². The van der Waals surface area contributed by atoms with E-state index in [0.717, 1.165) is 21.7 Å². The molecular formula is C14H14N4O3. The first-order valence-electron chi connectivity index (χ1n) is 6.52. The van der Waals surface area contributed by atoms with Crippen LogP contribution in [0.1, 0.15) is 5.56 Å². The second-order valence-electron chi connectivity index (χ2n) is 4.72. The number of urea groups is 1. The summed E-state index contributed by atoms with van der Waals surface area (Å²) < 4.78 is 5.36. The van der Waals surface area contributed by atoms with Gasteiger partial charge in [0.2, 0.25) is 0 Å². The molecule has 0 spiro atoms. The molecule has 0 radical (unpaired) electrons. The fourth-order valence-electron chi connectivity index (χ4n) is 2.14. The van der Waals surface area contributed by atoms with Gasteiger partial charge in [0.25, 0.3) is 0 Å². The van der Waals surface area contributed by atoms with E-state index < -0.39 is 12.1 Å². The second-order valence-corrected chi connectivity index (χ2v) is 4.72. The largest absolute Gasteiger partial charge is 0.423 e. The van der Waals surface area contributed by atoms with E-state index in [1.807, 2.05) is 19.1 Å². The monoisotopic (exact) mass is 286 g/mol. The smallest absolute Gasteiger partial charge is 0.409 e. The topological polar surface area (TPSA) is 87.3 Å². The normalized spacial score (nSPS) is 14.1. The molecule has 7 heteroatoms. The maximum Gasteiger partial charge on any atom is 0.423 e. The highest BCUT2D eigenvalue weighted by atomic mass is 16.6. The number of H-pyrrole nitrogens is 1. The molecule has 1 saturated heterocycles. The number of benzene rings is 1. The van der Waals surface area contributed by atoms with Crippen LogP contribution in [-0.2, 0) is 0 Å². The van der Waals surface area contributed by atoms with E-state index in [4.69, 9.17) is 4.74 Å². The number of aryl methyl sites for hydroxylation is 1. The first-order valence-corrected chi connectivity index (χ1v) is 6.52. The number of aromatic nitrogens is 2. The fraction of sp³-hybridized carbons (Fsp3) is 0.214. The average molecular weight is 286 g/mol. The van der Waals surface area contributed by atoms with Crippen molar-refractivity contribution in [2.45, 2.75) is 6.92 Å². The van der Waals surface area contributed by atoms with E-state index in [9.17, 15) is 9.59 Å². The number of hydrogen-bond donors (Lipinski definition) is 2. The molecule has 0 atom stereocenters. The molecule has 2 heterocycles. The predicted molar refractivity (Wildman–Crippen MR) is 74.9 cm³/mol. The standard InChI is InChI=1S/C14H14N4O3/c1-9-2-3-12(10(6-9)11-7-15-8-17-11)21-14(20)18-5-4-16-13(18)19/h2-3,6-8H,4-5H2,1H3,(H,15,17)(H,16,19). The van der Waals surface area contributed by atoms with Crippen LogP contribution in [0.4, 0.5) is 9.59 Å². The van der Waals surface area contributed by atoms with Crippen LogP contribution in [0.15, 0.2) is 30.7 Å². The molecule has 1 fully saturated rings. The van der Waals surface area contributed by atoms with Crippen molar-refractivity contribution in [1.82, 2.24) is 20.2 Å². The molecule has 21 heavy (non-hydrogen) atoms. The number of nitrogens with one attached hydrogen (secondary N) is 2. The lowest BCUT2D eigenvalue weighted by atomic mass is 10.1. The van der Waals surface area contributed by atoms with Crippen molar-refractivity contribution in [3.8, 4) is 17.0 Å². The van der Waals surface area contributed by atoms with Gasteiger partial charge in [-0.3, -0.25) is 0 Å². The number of aromatic amines is 1. The molecule has 0 aliphatic carbocycles. The molecule has 2 aromatic rings. The van der Waals surface area contributed by atoms with Gasteiger partial charge >= 0.3 is 12.1 Å². The Kier molecular flexibility index (Phi) is 3.31. The van der Waals surface area contributed by atoms with Crippen LogP contribution in [-0.4, -0.2) is 40.1 Å². The van der Waals surface area contributed by atoms with Gasteiger partial charge in [0.05, 0.1) is 24.8 Å². The quantitative estimate of drug-likeness (QED) is 0.882. The van der Waals surface area contributed by atoms with Crippen molar-refractivity contribution in [2.75, 3.05) is 13.1 Å². The maximum atomic E-state index is 12.0. The molecule has 7 nitrogen and oxygen atoms in total. The molecule has 1 aliphatic rings. The van der Waals surface area contributed by atoms with Crippen molar-refractivity contribution in [2.24, 2.45) is 0 Å². The number of imide groups is 1. The van der Waals surface area contributed by atoms with Gasteiger partial charge in [-0.15, -0.1) is 0 Å². The van der Waals surface area contributed by atoms with Crippen LogP contribution in [0, 0.1) is 6.92 Å². The number of rotatable bonds is 2. The summed E-state index contributed by atoms with van der Waals surface area (Å²) in [5.41, 5.74) is 2.49. The number of carbonyl (C=O) groups is 2. The first kappa shape index (κ1) is 13.2. The third-order valence-corrected chi connectivity index (χ3v) is 3.20. The molecule has 3 amide bonds. The number of nitrogens with zero attached hydrogens (tertiary/aromatic N) is 2. The number of ether oxygens (including phenoxy) is 1. The van der Waals surface area contributed by atoms with E-state index >= 15 is 0 Å². The van der Waals surface area contributed by atoms with Crippen molar-refractivity contribution in [3.63, 3.8) is 0 Å². The van der Waals surface area contributed by atoms with Crippen LogP contribution in [0.5, 0.6) is 5.75 Å². The van der Waals surface area contributed by atoms with E-state index in [2.05, 4.69) is 15.3 Å². The summed E-state index contributed by atoms with van der Waals surface area (Å²) in [6.45, 7) is 2.69. The molecule has 108 valence electrons. The zero-order chi connectivity index (χ0) is 14.8. The third kappa shape index (κ3) is 2.58. The SMILES string of the molecule is Cc1ccc(OC(=O)N2CCNC2=O)c(-c2cnc[nH]2)c1. The fourth-order valence-corrected chi connectivity index (χ4v) is 2.14. The van der Waals surface area contributed by atoms with Gasteiger partial charge < -0.3 is 15.0 Å². The maximum absolute atomic E-state index is 12.0. The Morgan fingerprint density at radius 2 is 2.29 bits per heavy atom. The minimum absolute atomic E-state index is 0.308. The second kappa shape index (κ2) is 5.28. The number of amides is 3. The van der Waals surface area contributed by atoms with E-state index in [1.54, 1.807) is 18.6 Å². The lowest BCUT2D eigenvalue weighted by Gasteiger charge is -2.14. The molecule has 1 aromatic carbocycles. The van der Waals surface area contributed by atoms with Crippen LogP contribution in [0.25, 0.3) is 11.3 Å². The number of hydrogen-bond acceptors (Lipinski definition) is 4. The van der Waals surface area contributed by atoms with Crippen molar-refractivity contribution in [1.29, 1.82) is 0 Å². The molecule has 1 aliphatic heterocycles. The number of imidazole rings is 1. The predicted octanol–water partition coefficient (Wildman–Crippen LogP) is 1.91. The summed E-state index contributed by atoms with van der Waals surface area (Å²) >= 11 is 0. The van der Waals surface area contributed by atoms with Gasteiger partial charge in [-0.25, -0.2) is 19.5 Å². The molecule has 0 unspecified atom stereocenters. The highest BCUT2D eigenvalue weighted by Gasteiger charge is 2.28. The lowest BCUT2D eigenvalue weighted by molar-refractivity contribution is 0.164. The minimum Gasteiger partial charge on any atom is -0.409 e. The Labute approximate surface area is 120 Å². The van der Waals surface area contributed by atoms with Gasteiger partial charge in [-0.2, -0.15) is 0 Å². The highest BCUT2D eigenvalue weighted by Crippen LogP contribution is 2.30. The summed E-state index contributed by atoms with van der Waals surface area (Å²) in [6, 6.07) is 5.00. The minimum atomic E-state index is -0.686. The summed E-state index contributed by atoms with van der Waals surface area (Å²) in [5.74, 6) is 0.384. The Hall–Kier alpha value is -2.83. The Morgan fingerprint density at radius 3 is 2.95 bits per heavy atom. The summed E-state index contributed by atoms with van der Waals surface area (Å²) in [5, 5.41) is 2.56. The Balaban J connectivity index is 1.88. The highest BCUT2D eigenvalue weighted by molar-refractivity contribution is 5.93. The molecular weight excluding hydrogens is 272 g/mol. The first-order chi connectivity index (χ1) is 10.1. The van der Waals surface area contributed by atoms with Crippen LogP contribution < -0.4 is 10.1 Å². The van der Waals surface area contributed by atoms with Gasteiger partial charge in [0, 0.05) is 12.1 Å². The van der Waals surface area contributed by atoms with Crippen LogP contribution >= 0.6 is 0 Å². The number of carbonyl (C=O) groups excluding carboxylic acids is 2. The molecule has 0 saturated carbocycles. The van der Waals surface area contributed by atoms with Gasteiger partial charge in [0.1, 0.15) is 5.75 Å². The van der Waals surface area contributed by atoms with Crippen molar-refractivity contribution in [3.05, 3.63) is 36.3 Å². The summed E-state index contributed by atoms with van der Waals surface area (Å²) in [6.07, 6.45) is 2.51. The Morgan fingerprint density at radius 1 is 1.43 bits per heavy atom. The third-order valence-electron chi connectivity index (χ3n) is 3.20. The zero-order valence-corrected chi connectivity index (χ0v) is 11.4. The zero-order valence-electron chi connectivity index (χ0n) is 11.4. The molecule has 1 aromatic heterocycles. The Bertz CT molecular complexity index is 682. The van der Waals surface area contributed by atoms with Crippen molar-refractivity contribution >= 4 is 12.1 Å². The molecule has 2 N–H and O–H groups in total. The van der Waals surface area contributed by atoms with Gasteiger partial charge in [0.15, 0.2) is 0 Å². The molecule has 0 bridgehead atoms. The van der Waals surface area contributed by atoms with E-state index in [1.165, 1.54) is 0 Å². The van der Waals surface area contributed by atoms with E-state index in [-0.39, 0.29) is 0 Å².